The van der Waals surface area contributed by atoms with Crippen LogP contribution in [0.25, 0.3) is 0 Å². The van der Waals surface area contributed by atoms with E-state index in [1.54, 1.807) is 18.2 Å². The molecule has 1 atom stereocenters. The molecule has 2 amide bonds. The van der Waals surface area contributed by atoms with E-state index in [4.69, 9.17) is 9.31 Å². The van der Waals surface area contributed by atoms with Gasteiger partial charge in [0.05, 0.1) is 22.8 Å². The first kappa shape index (κ1) is 26.7. The van der Waals surface area contributed by atoms with Crippen LogP contribution in [0.15, 0.2) is 30.3 Å². The van der Waals surface area contributed by atoms with Crippen LogP contribution < -0.4 is 15.7 Å². The average molecular weight is 528 g/mol. The molecule has 1 unspecified atom stereocenters. The highest BCUT2D eigenvalue weighted by Crippen LogP contribution is 2.38. The van der Waals surface area contributed by atoms with E-state index in [9.17, 15) is 9.59 Å². The highest BCUT2D eigenvalue weighted by atomic mass is 19.2. The van der Waals surface area contributed by atoms with E-state index in [0.717, 1.165) is 0 Å². The SMILES string of the molecule is CC1(C)OB(c2ccc(C3CCN(c4ccc(C5CCC(=O)NC5=O)cc4F)CC3)c(F)c2F)OC1(C)C. The van der Waals surface area contributed by atoms with Gasteiger partial charge in [-0.15, -0.1) is 0 Å². The Morgan fingerprint density at radius 2 is 1.58 bits per heavy atom. The molecule has 6 nitrogen and oxygen atoms in total. The van der Waals surface area contributed by atoms with Crippen LogP contribution in [-0.2, 0) is 18.9 Å². The molecule has 0 aromatic heterocycles. The van der Waals surface area contributed by atoms with Gasteiger partial charge in [0.1, 0.15) is 5.82 Å². The predicted molar refractivity (Wildman–Crippen MR) is 138 cm³/mol. The number of halogens is 3. The van der Waals surface area contributed by atoms with Crippen molar-refractivity contribution in [3.63, 3.8) is 0 Å². The number of benzene rings is 2. The number of hydrogen-bond donors (Lipinski definition) is 1. The van der Waals surface area contributed by atoms with Crippen molar-refractivity contribution in [2.45, 2.75) is 76.4 Å². The van der Waals surface area contributed by atoms with Gasteiger partial charge in [0.25, 0.3) is 0 Å². The zero-order valence-electron chi connectivity index (χ0n) is 22.1. The van der Waals surface area contributed by atoms with E-state index in [1.807, 2.05) is 32.6 Å². The number of carbonyl (C=O) groups excluding carboxylic acids is 2. The van der Waals surface area contributed by atoms with Crippen molar-refractivity contribution in [2.75, 3.05) is 18.0 Å². The topological polar surface area (TPSA) is 67.9 Å². The Kier molecular flexibility index (Phi) is 6.84. The third-order valence-electron chi connectivity index (χ3n) is 8.54. The van der Waals surface area contributed by atoms with Gasteiger partial charge in [-0.2, -0.15) is 0 Å². The monoisotopic (exact) mass is 528 g/mol. The quantitative estimate of drug-likeness (QED) is 0.474. The summed E-state index contributed by atoms with van der Waals surface area (Å²) in [6.07, 6.45) is 1.63. The Morgan fingerprint density at radius 3 is 2.18 bits per heavy atom. The van der Waals surface area contributed by atoms with Crippen molar-refractivity contribution in [3.05, 3.63) is 58.9 Å². The Morgan fingerprint density at radius 1 is 0.921 bits per heavy atom. The summed E-state index contributed by atoms with van der Waals surface area (Å²) in [5.41, 5.74) is -0.0484. The predicted octanol–water partition coefficient (Wildman–Crippen LogP) is 4.31. The van der Waals surface area contributed by atoms with Crippen molar-refractivity contribution in [1.29, 1.82) is 0 Å². The molecule has 10 heteroatoms. The Labute approximate surface area is 221 Å². The van der Waals surface area contributed by atoms with Crippen LogP contribution >= 0.6 is 0 Å². The summed E-state index contributed by atoms with van der Waals surface area (Å²) < 4.78 is 57.2. The van der Waals surface area contributed by atoms with Crippen molar-refractivity contribution < 1.29 is 32.1 Å². The molecule has 3 aliphatic rings. The maximum Gasteiger partial charge on any atom is 0.497 e. The van der Waals surface area contributed by atoms with Crippen molar-refractivity contribution in [1.82, 2.24) is 5.32 Å². The number of piperidine rings is 2. The first-order valence-corrected chi connectivity index (χ1v) is 13.1. The lowest BCUT2D eigenvalue weighted by molar-refractivity contribution is -0.134. The number of amides is 2. The van der Waals surface area contributed by atoms with Gasteiger partial charge in [0.15, 0.2) is 11.6 Å². The minimum atomic E-state index is -0.989. The molecule has 3 saturated heterocycles. The molecule has 0 aliphatic carbocycles. The molecular weight excluding hydrogens is 496 g/mol. The third kappa shape index (κ3) is 4.73. The molecule has 3 fully saturated rings. The number of nitrogens with zero attached hydrogens (tertiary/aromatic N) is 1. The van der Waals surface area contributed by atoms with Gasteiger partial charge in [-0.25, -0.2) is 13.2 Å². The summed E-state index contributed by atoms with van der Waals surface area (Å²) >= 11 is 0. The fraction of sp³-hybridized carbons (Fsp3) is 0.500. The van der Waals surface area contributed by atoms with Crippen LogP contribution in [0.2, 0.25) is 0 Å². The van der Waals surface area contributed by atoms with E-state index in [0.29, 0.717) is 49.2 Å². The normalized spacial score (nSPS) is 23.6. The fourth-order valence-electron chi connectivity index (χ4n) is 5.49. The van der Waals surface area contributed by atoms with Crippen LogP contribution in [0.1, 0.15) is 76.3 Å². The van der Waals surface area contributed by atoms with Crippen molar-refractivity contribution in [2.24, 2.45) is 0 Å². The minimum Gasteiger partial charge on any atom is -0.399 e. The van der Waals surface area contributed by atoms with E-state index < -0.39 is 47.6 Å². The molecule has 1 N–H and O–H groups in total. The van der Waals surface area contributed by atoms with Gasteiger partial charge in [-0.05, 0) is 76.1 Å². The Hall–Kier alpha value is -2.85. The highest BCUT2D eigenvalue weighted by molar-refractivity contribution is 6.62. The molecule has 3 heterocycles. The molecule has 202 valence electrons. The number of nitrogens with one attached hydrogen (secondary N) is 1. The third-order valence-corrected chi connectivity index (χ3v) is 8.54. The number of imide groups is 1. The zero-order valence-corrected chi connectivity index (χ0v) is 22.1. The minimum absolute atomic E-state index is 0.0421. The molecule has 0 bridgehead atoms. The summed E-state index contributed by atoms with van der Waals surface area (Å²) in [4.78, 5) is 25.4. The van der Waals surface area contributed by atoms with Crippen LogP contribution in [0.5, 0.6) is 0 Å². The molecule has 2 aromatic rings. The van der Waals surface area contributed by atoms with E-state index >= 15 is 13.2 Å². The van der Waals surface area contributed by atoms with Gasteiger partial charge in [-0.3, -0.25) is 14.9 Å². The van der Waals surface area contributed by atoms with Crippen LogP contribution in [0.3, 0.4) is 0 Å². The number of anilines is 1. The second-order valence-corrected chi connectivity index (χ2v) is 11.4. The first-order valence-electron chi connectivity index (χ1n) is 13.1. The molecule has 3 aliphatic heterocycles. The summed E-state index contributed by atoms with van der Waals surface area (Å²) in [5.74, 6) is -3.79. The van der Waals surface area contributed by atoms with Gasteiger partial charge in [-0.1, -0.05) is 18.2 Å². The molecule has 5 rings (SSSR count). The number of hydrogen-bond acceptors (Lipinski definition) is 5. The highest BCUT2D eigenvalue weighted by Gasteiger charge is 2.52. The van der Waals surface area contributed by atoms with Crippen LogP contribution in [0, 0.1) is 17.5 Å². The molecule has 0 radical (unpaired) electrons. The Balaban J connectivity index is 1.26. The van der Waals surface area contributed by atoms with Crippen LogP contribution in [-0.4, -0.2) is 43.2 Å². The maximum absolute atomic E-state index is 15.2. The molecule has 0 saturated carbocycles. The summed E-state index contributed by atoms with van der Waals surface area (Å²) in [6.45, 7) is 8.37. The summed E-state index contributed by atoms with van der Waals surface area (Å²) in [6, 6.07) is 7.86. The van der Waals surface area contributed by atoms with E-state index in [-0.39, 0.29) is 23.7 Å². The first-order chi connectivity index (χ1) is 17.9. The van der Waals surface area contributed by atoms with Crippen molar-refractivity contribution in [3.8, 4) is 0 Å². The smallest absolute Gasteiger partial charge is 0.399 e. The fourth-order valence-corrected chi connectivity index (χ4v) is 5.49. The second-order valence-electron chi connectivity index (χ2n) is 11.4. The lowest BCUT2D eigenvalue weighted by Crippen LogP contribution is -2.41. The van der Waals surface area contributed by atoms with Gasteiger partial charge < -0.3 is 14.2 Å². The second kappa shape index (κ2) is 9.72. The zero-order chi connectivity index (χ0) is 27.4. The maximum atomic E-state index is 15.2. The van der Waals surface area contributed by atoms with Gasteiger partial charge in [0, 0.05) is 25.0 Å². The van der Waals surface area contributed by atoms with Crippen LogP contribution in [0.4, 0.5) is 18.9 Å². The number of carbonyl (C=O) groups is 2. The largest absolute Gasteiger partial charge is 0.497 e. The lowest BCUT2D eigenvalue weighted by atomic mass is 9.76. The lowest BCUT2D eigenvalue weighted by Gasteiger charge is -2.34. The van der Waals surface area contributed by atoms with E-state index in [2.05, 4.69) is 5.32 Å². The van der Waals surface area contributed by atoms with E-state index in [1.165, 1.54) is 12.1 Å². The van der Waals surface area contributed by atoms with Gasteiger partial charge >= 0.3 is 7.12 Å². The molecule has 38 heavy (non-hydrogen) atoms. The van der Waals surface area contributed by atoms with Gasteiger partial charge in [0.2, 0.25) is 11.8 Å². The summed E-state index contributed by atoms with van der Waals surface area (Å²) in [7, 11) is -0.989. The number of rotatable bonds is 4. The molecule has 0 spiro atoms. The standard InChI is InChI=1S/C28H32BF3N2O4/c1-27(2)28(3,4)38-29(37-27)20-8-6-18(24(31)25(20)32)16-11-13-34(14-12-16)22-9-5-17(15-21(22)30)19-7-10-23(35)33-26(19)36/h5-6,8-9,15-16,19H,7,10-14H2,1-4H3,(H,33,35,36). The van der Waals surface area contributed by atoms with Crippen molar-refractivity contribution >= 4 is 30.1 Å². The Bertz CT molecular complexity index is 1260. The molecular formula is C28H32BF3N2O4. The molecule has 2 aromatic carbocycles. The summed E-state index contributed by atoms with van der Waals surface area (Å²) in [5, 5.41) is 2.30. The average Bonchev–Trinajstić information content (AvgIpc) is 3.07.